The normalized spacial score (nSPS) is 15.0. The first kappa shape index (κ1) is 35.0. The van der Waals surface area contributed by atoms with Gasteiger partial charge in [-0.15, -0.1) is 0 Å². The maximum atomic E-state index is 12.5. The zero-order valence-corrected chi connectivity index (χ0v) is 29.0. The molecule has 2 amide bonds. The number of fused-ring (bicyclic) bond motifs is 1. The fraction of sp³-hybridized carbons (Fsp3) is 0.250. The minimum absolute atomic E-state index is 0.181. The molecule has 0 saturated heterocycles. The molecule has 49 heavy (non-hydrogen) atoms. The van der Waals surface area contributed by atoms with E-state index in [9.17, 15) is 14.7 Å². The number of nitrogens with zero attached hydrogens (tertiary/aromatic N) is 1. The van der Waals surface area contributed by atoms with E-state index < -0.39 is 24.3 Å². The number of hydrazone groups is 1. The second-order valence-corrected chi connectivity index (χ2v) is 11.8. The number of urea groups is 1. The van der Waals surface area contributed by atoms with Crippen LogP contribution in [0.15, 0.2) is 93.6 Å². The molecule has 4 aromatic rings. The molecule has 4 aromatic carbocycles. The molecule has 5 rings (SSSR count). The fourth-order valence-electron chi connectivity index (χ4n) is 5.37. The lowest BCUT2D eigenvalue weighted by molar-refractivity contribution is -0.136. The molecule has 1 aliphatic heterocycles. The van der Waals surface area contributed by atoms with Crippen LogP contribution in [-0.2, 0) is 16.1 Å². The van der Waals surface area contributed by atoms with E-state index in [4.69, 9.17) is 23.7 Å². The number of benzene rings is 4. The summed E-state index contributed by atoms with van der Waals surface area (Å²) in [6.45, 7) is 3.88. The average Bonchev–Trinajstić information content (AvgIpc) is 3.09. The molecule has 1 heterocycles. The van der Waals surface area contributed by atoms with Crippen molar-refractivity contribution in [1.29, 1.82) is 0 Å². The van der Waals surface area contributed by atoms with Gasteiger partial charge in [0.1, 0.15) is 13.2 Å². The number of esters is 1. The highest BCUT2D eigenvalue weighted by Gasteiger charge is 2.32. The number of hydrogen-bond donors (Lipinski definition) is 4. The van der Waals surface area contributed by atoms with Crippen molar-refractivity contribution >= 4 is 44.9 Å². The van der Waals surface area contributed by atoms with Crippen LogP contribution in [0.5, 0.6) is 23.0 Å². The first-order chi connectivity index (χ1) is 23.7. The van der Waals surface area contributed by atoms with E-state index in [0.29, 0.717) is 53.0 Å². The van der Waals surface area contributed by atoms with Crippen molar-refractivity contribution in [2.75, 3.05) is 27.4 Å². The number of aliphatic hydroxyl groups excluding tert-OH is 1. The number of rotatable bonds is 14. The largest absolute Gasteiger partial charge is 0.493 e. The summed E-state index contributed by atoms with van der Waals surface area (Å²) >= 11 is 3.51. The molecule has 256 valence electrons. The van der Waals surface area contributed by atoms with Gasteiger partial charge in [-0.2, -0.15) is 5.10 Å². The molecule has 0 saturated carbocycles. The quantitative estimate of drug-likeness (QED) is 0.0554. The smallest absolute Gasteiger partial charge is 0.337 e. The summed E-state index contributed by atoms with van der Waals surface area (Å²) in [7, 11) is 2.84. The summed E-state index contributed by atoms with van der Waals surface area (Å²) in [4.78, 5) is 24.7. The third kappa shape index (κ3) is 8.42. The van der Waals surface area contributed by atoms with Gasteiger partial charge >= 0.3 is 12.0 Å². The Morgan fingerprint density at radius 2 is 1.82 bits per heavy atom. The predicted octanol–water partition coefficient (Wildman–Crippen LogP) is 5.71. The van der Waals surface area contributed by atoms with Crippen molar-refractivity contribution in [3.05, 3.63) is 105 Å². The van der Waals surface area contributed by atoms with Crippen LogP contribution in [-0.4, -0.2) is 57.0 Å². The van der Waals surface area contributed by atoms with Gasteiger partial charge in [0.05, 0.1) is 38.7 Å². The van der Waals surface area contributed by atoms with Gasteiger partial charge < -0.3 is 39.4 Å². The summed E-state index contributed by atoms with van der Waals surface area (Å²) in [5.74, 6) is 1.13. The number of methoxy groups -OCH3 is 2. The third-order valence-corrected chi connectivity index (χ3v) is 8.08. The Morgan fingerprint density at radius 3 is 2.59 bits per heavy atom. The first-order valence-electron chi connectivity index (χ1n) is 15.4. The van der Waals surface area contributed by atoms with E-state index in [1.165, 1.54) is 13.3 Å². The molecular formula is C36H37BrN4O8. The van der Waals surface area contributed by atoms with Gasteiger partial charge in [0.25, 0.3) is 0 Å². The second-order valence-electron chi connectivity index (χ2n) is 10.9. The van der Waals surface area contributed by atoms with Crippen LogP contribution >= 0.6 is 15.9 Å². The summed E-state index contributed by atoms with van der Waals surface area (Å²) in [6, 6.07) is 21.6. The molecule has 0 unspecified atom stereocenters. The summed E-state index contributed by atoms with van der Waals surface area (Å²) < 4.78 is 29.2. The fourth-order valence-corrected chi connectivity index (χ4v) is 5.83. The lowest BCUT2D eigenvalue weighted by Crippen LogP contribution is -2.45. The number of aliphatic hydroxyl groups is 1. The standard InChI is InChI=1S/C36H37BrN4O8/c1-5-47-29-16-23(33-32(35(43)46-4)21(2)39-36(44)40-33)13-14-28(29)48-20-31(42)41-38-18-25-15-26(37)17-30(45-3)34(25)49-19-24-11-8-10-22-9-6-7-12-27(22)24/h6-18,31,33,41-42H,5,19-20H2,1-4H3,(H2,39,40,44)/b38-18+/t31-,33+/m1/s1. The van der Waals surface area contributed by atoms with Crippen LogP contribution < -0.4 is 35.0 Å². The van der Waals surface area contributed by atoms with Crippen LogP contribution in [0.25, 0.3) is 10.8 Å². The number of carbonyl (C=O) groups is 2. The topological polar surface area (TPSA) is 149 Å². The number of hydrogen-bond acceptors (Lipinski definition) is 10. The van der Waals surface area contributed by atoms with Crippen LogP contribution in [0.2, 0.25) is 0 Å². The lowest BCUT2D eigenvalue weighted by atomic mass is 9.95. The molecule has 0 aromatic heterocycles. The number of ether oxygens (including phenoxy) is 5. The van der Waals surface area contributed by atoms with Gasteiger partial charge in [-0.1, -0.05) is 64.5 Å². The Hall–Kier alpha value is -5.27. The van der Waals surface area contributed by atoms with E-state index in [2.05, 4.69) is 55.3 Å². The minimum atomic E-state index is -1.19. The Kier molecular flexibility index (Phi) is 11.6. The van der Waals surface area contributed by atoms with Crippen molar-refractivity contribution < 1.29 is 38.4 Å². The van der Waals surface area contributed by atoms with Crippen LogP contribution in [0.4, 0.5) is 4.79 Å². The van der Waals surface area contributed by atoms with E-state index in [1.807, 2.05) is 37.3 Å². The van der Waals surface area contributed by atoms with E-state index in [1.54, 1.807) is 38.3 Å². The molecule has 0 radical (unpaired) electrons. The first-order valence-corrected chi connectivity index (χ1v) is 16.2. The van der Waals surface area contributed by atoms with Gasteiger partial charge in [0, 0.05) is 15.7 Å². The highest BCUT2D eigenvalue weighted by molar-refractivity contribution is 9.10. The van der Waals surface area contributed by atoms with Gasteiger partial charge in [-0.25, -0.2) is 9.59 Å². The number of nitrogens with one attached hydrogen (secondary N) is 3. The molecule has 12 nitrogen and oxygen atoms in total. The lowest BCUT2D eigenvalue weighted by Gasteiger charge is -2.28. The Morgan fingerprint density at radius 1 is 1.02 bits per heavy atom. The zero-order chi connectivity index (χ0) is 34.9. The zero-order valence-electron chi connectivity index (χ0n) is 27.4. The van der Waals surface area contributed by atoms with Crippen molar-refractivity contribution in [3.8, 4) is 23.0 Å². The van der Waals surface area contributed by atoms with Gasteiger partial charge in [0.2, 0.25) is 0 Å². The Labute approximate surface area is 292 Å². The van der Waals surface area contributed by atoms with Gasteiger partial charge in [-0.05, 0) is 60.0 Å². The summed E-state index contributed by atoms with van der Waals surface area (Å²) in [5.41, 5.74) is 5.53. The molecular weight excluding hydrogens is 696 g/mol. The van der Waals surface area contributed by atoms with E-state index >= 15 is 0 Å². The number of allylic oxidation sites excluding steroid dienone is 1. The highest BCUT2D eigenvalue weighted by atomic mass is 79.9. The molecule has 0 spiro atoms. The minimum Gasteiger partial charge on any atom is -0.493 e. The molecule has 0 fully saturated rings. The molecule has 0 aliphatic carbocycles. The number of amides is 2. The second kappa shape index (κ2) is 16.2. The molecule has 0 bridgehead atoms. The Bertz CT molecular complexity index is 1890. The SMILES string of the molecule is CCOc1cc([C@@H]2NC(=O)NC(C)=C2C(=O)OC)ccc1OC[C@@H](O)N/N=C/c1cc(Br)cc(OC)c1OCc1cccc2ccccc12. The highest BCUT2D eigenvalue weighted by Crippen LogP contribution is 2.36. The van der Waals surface area contributed by atoms with Crippen molar-refractivity contribution in [1.82, 2.24) is 16.1 Å². The van der Waals surface area contributed by atoms with Crippen LogP contribution in [0, 0.1) is 0 Å². The molecule has 13 heteroatoms. The average molecular weight is 734 g/mol. The summed E-state index contributed by atoms with van der Waals surface area (Å²) in [6.07, 6.45) is 0.330. The predicted molar refractivity (Wildman–Crippen MR) is 188 cm³/mol. The maximum absolute atomic E-state index is 12.5. The third-order valence-electron chi connectivity index (χ3n) is 7.62. The number of carbonyl (C=O) groups excluding carboxylic acids is 2. The molecule has 1 aliphatic rings. The monoisotopic (exact) mass is 732 g/mol. The van der Waals surface area contributed by atoms with Crippen molar-refractivity contribution in [3.63, 3.8) is 0 Å². The van der Waals surface area contributed by atoms with Gasteiger partial charge in [0.15, 0.2) is 29.2 Å². The van der Waals surface area contributed by atoms with Crippen molar-refractivity contribution in [2.24, 2.45) is 5.10 Å². The molecule has 2 atom stereocenters. The van der Waals surface area contributed by atoms with Crippen LogP contribution in [0.3, 0.4) is 0 Å². The van der Waals surface area contributed by atoms with Crippen LogP contribution in [0.1, 0.15) is 36.6 Å². The van der Waals surface area contributed by atoms with Crippen molar-refractivity contribution in [2.45, 2.75) is 32.7 Å². The van der Waals surface area contributed by atoms with E-state index in [0.717, 1.165) is 20.8 Å². The van der Waals surface area contributed by atoms with Gasteiger partial charge in [-0.3, -0.25) is 5.43 Å². The Balaban J connectivity index is 1.27. The van der Waals surface area contributed by atoms with E-state index in [-0.39, 0.29) is 12.2 Å². The summed E-state index contributed by atoms with van der Waals surface area (Å²) in [5, 5.41) is 22.5. The maximum Gasteiger partial charge on any atom is 0.337 e. The number of halogens is 1. The molecule has 4 N–H and O–H groups in total.